The largest absolute Gasteiger partial charge is 0.326 e. The first-order chi connectivity index (χ1) is 5.04. The molecular weight excluding hydrogens is 237 g/mol. The van der Waals surface area contributed by atoms with Gasteiger partial charge >= 0.3 is 16.5 Å². The van der Waals surface area contributed by atoms with Gasteiger partial charge in [0.05, 0.1) is 0 Å². The molecule has 70 valence electrons. The van der Waals surface area contributed by atoms with Crippen molar-refractivity contribution in [3.63, 3.8) is 0 Å². The van der Waals surface area contributed by atoms with Gasteiger partial charge < -0.3 is 9.79 Å². The molecule has 0 fully saturated rings. The summed E-state index contributed by atoms with van der Waals surface area (Å²) < 4.78 is 22.3. The van der Waals surface area contributed by atoms with Crippen LogP contribution in [0.5, 0.6) is 0 Å². The zero-order valence-electron chi connectivity index (χ0n) is 5.29. The third-order valence-electron chi connectivity index (χ3n) is 0.246. The molecule has 0 aliphatic heterocycles. The third-order valence-corrected chi connectivity index (χ3v) is 2.21. The van der Waals surface area contributed by atoms with Crippen molar-refractivity contribution in [1.29, 1.82) is 0 Å². The van der Waals surface area contributed by atoms with Crippen molar-refractivity contribution < 1.29 is 23.2 Å². The minimum atomic E-state index is -3.20. The summed E-state index contributed by atoms with van der Waals surface area (Å²) in [5, 5.41) is 0. The van der Waals surface area contributed by atoms with Crippen LogP contribution in [-0.2, 0) is 13.4 Å². The van der Waals surface area contributed by atoms with Crippen LogP contribution in [0.25, 0.3) is 0 Å². The van der Waals surface area contributed by atoms with E-state index in [0.29, 0.717) is 11.8 Å². The standard InChI is InChI=1S/C2H4Cl2.H4O5P2/c3-1-2-4;1-6(2)5-7(3)4/h1-2H2;6-7H,(H,1,2)(H,3,4). The molecule has 0 spiro atoms. The van der Waals surface area contributed by atoms with Gasteiger partial charge in [-0.1, -0.05) is 0 Å². The summed E-state index contributed by atoms with van der Waals surface area (Å²) in [6, 6.07) is 0. The molecular formula is C2H8Cl2O5P2. The van der Waals surface area contributed by atoms with E-state index in [1.54, 1.807) is 0 Å². The van der Waals surface area contributed by atoms with Crippen molar-refractivity contribution in [3.05, 3.63) is 0 Å². The van der Waals surface area contributed by atoms with Crippen LogP contribution < -0.4 is 0 Å². The first kappa shape index (κ1) is 14.4. The van der Waals surface area contributed by atoms with E-state index in [1.807, 2.05) is 0 Å². The highest BCUT2D eigenvalue weighted by Crippen LogP contribution is 2.30. The lowest BCUT2D eigenvalue weighted by molar-refractivity contribution is 0.371. The summed E-state index contributed by atoms with van der Waals surface area (Å²) in [5.74, 6) is 1.11. The normalized spacial score (nSPS) is 14.5. The zero-order chi connectivity index (χ0) is 9.28. The van der Waals surface area contributed by atoms with Gasteiger partial charge in [0, 0.05) is 11.8 Å². The molecule has 0 rings (SSSR count). The van der Waals surface area contributed by atoms with E-state index < -0.39 is 16.5 Å². The Bertz CT molecular complexity index is 116. The van der Waals surface area contributed by atoms with E-state index >= 15 is 0 Å². The second-order valence-electron chi connectivity index (χ2n) is 1.01. The van der Waals surface area contributed by atoms with E-state index in [1.165, 1.54) is 0 Å². The van der Waals surface area contributed by atoms with Crippen LogP contribution in [0.1, 0.15) is 0 Å². The molecule has 2 atom stereocenters. The fourth-order valence-corrected chi connectivity index (χ4v) is 0.672. The van der Waals surface area contributed by atoms with Crippen LogP contribution in [0.3, 0.4) is 0 Å². The number of rotatable bonds is 3. The van der Waals surface area contributed by atoms with Gasteiger partial charge in [0.2, 0.25) is 0 Å². The van der Waals surface area contributed by atoms with Crippen LogP contribution >= 0.6 is 39.7 Å². The number of halogens is 2. The Morgan fingerprint density at radius 2 is 1.36 bits per heavy atom. The molecule has 11 heavy (non-hydrogen) atoms. The average Bonchev–Trinajstić information content (AvgIpc) is 1.85. The maximum atomic E-state index is 9.44. The average molecular weight is 245 g/mol. The molecule has 0 amide bonds. The molecule has 0 saturated carbocycles. The van der Waals surface area contributed by atoms with Crippen molar-refractivity contribution in [2.75, 3.05) is 11.8 Å². The van der Waals surface area contributed by atoms with Gasteiger partial charge in [0.25, 0.3) is 0 Å². The molecule has 2 N–H and O–H groups in total. The minimum absolute atomic E-state index is 0.557. The molecule has 0 aromatic carbocycles. The second kappa shape index (κ2) is 10.9. The monoisotopic (exact) mass is 244 g/mol. The van der Waals surface area contributed by atoms with Crippen LogP contribution in [-0.4, -0.2) is 21.5 Å². The Morgan fingerprint density at radius 3 is 1.36 bits per heavy atom. The van der Waals surface area contributed by atoms with Crippen molar-refractivity contribution in [3.8, 4) is 0 Å². The Morgan fingerprint density at radius 1 is 1.09 bits per heavy atom. The van der Waals surface area contributed by atoms with Gasteiger partial charge in [-0.2, -0.15) is 0 Å². The van der Waals surface area contributed by atoms with Gasteiger partial charge in [-0.05, 0) is 0 Å². The highest BCUT2D eigenvalue weighted by Gasteiger charge is 1.93. The van der Waals surface area contributed by atoms with Crippen LogP contribution in [0.15, 0.2) is 0 Å². The smallest absolute Gasteiger partial charge is 0.323 e. The van der Waals surface area contributed by atoms with Crippen LogP contribution in [0.4, 0.5) is 0 Å². The lowest BCUT2D eigenvalue weighted by atomic mass is 11.0. The molecule has 0 aliphatic carbocycles. The maximum absolute atomic E-state index is 9.44. The van der Waals surface area contributed by atoms with Crippen LogP contribution in [0, 0.1) is 0 Å². The van der Waals surface area contributed by atoms with E-state index in [-0.39, 0.29) is 0 Å². The Hall–Kier alpha value is 0.920. The van der Waals surface area contributed by atoms with Crippen molar-refractivity contribution in [2.45, 2.75) is 0 Å². The van der Waals surface area contributed by atoms with E-state index in [2.05, 4.69) is 4.31 Å². The fraction of sp³-hybridized carbons (Fsp3) is 1.00. The summed E-state index contributed by atoms with van der Waals surface area (Å²) >= 11 is 10.1. The lowest BCUT2D eigenvalue weighted by Gasteiger charge is -1.86. The van der Waals surface area contributed by atoms with Crippen molar-refractivity contribution in [1.82, 2.24) is 0 Å². The maximum Gasteiger partial charge on any atom is 0.323 e. The highest BCUT2D eigenvalue weighted by atomic mass is 35.5. The Kier molecular flexibility index (Phi) is 14.3. The first-order valence-corrected chi connectivity index (χ1v) is 5.89. The summed E-state index contributed by atoms with van der Waals surface area (Å²) in [6.07, 6.45) is 0. The quantitative estimate of drug-likeness (QED) is 0.577. The van der Waals surface area contributed by atoms with Gasteiger partial charge in [0.1, 0.15) is 0 Å². The topological polar surface area (TPSA) is 83.8 Å². The summed E-state index contributed by atoms with van der Waals surface area (Å²) in [6.45, 7) is 0. The van der Waals surface area contributed by atoms with Gasteiger partial charge in [-0.25, -0.2) is 4.31 Å². The molecule has 5 nitrogen and oxygen atoms in total. The summed E-state index contributed by atoms with van der Waals surface area (Å²) in [4.78, 5) is 15.4. The highest BCUT2D eigenvalue weighted by molar-refractivity contribution is 7.46. The second-order valence-corrected chi connectivity index (χ2v) is 3.65. The van der Waals surface area contributed by atoms with E-state index in [0.717, 1.165) is 0 Å². The lowest BCUT2D eigenvalue weighted by Crippen LogP contribution is -1.63. The predicted octanol–water partition coefficient (Wildman–Crippen LogP) is 1.23. The van der Waals surface area contributed by atoms with E-state index in [4.69, 9.17) is 33.0 Å². The summed E-state index contributed by atoms with van der Waals surface area (Å²) in [5.41, 5.74) is 0. The SMILES string of the molecule is ClCCCl.O=[PH](O)O[PH](=O)O. The Balaban J connectivity index is 0. The fourth-order valence-electron chi connectivity index (χ4n) is 0.0747. The number of hydrogen-bond acceptors (Lipinski definition) is 3. The number of hydrogen-bond donors (Lipinski definition) is 2. The van der Waals surface area contributed by atoms with Crippen molar-refractivity contribution >= 4 is 39.7 Å². The molecule has 0 aromatic heterocycles. The van der Waals surface area contributed by atoms with E-state index in [9.17, 15) is 9.13 Å². The molecule has 0 aliphatic rings. The summed E-state index contributed by atoms with van der Waals surface area (Å²) in [7, 11) is -6.40. The molecule has 0 heterocycles. The first-order valence-electron chi connectivity index (χ1n) is 2.30. The molecule has 0 saturated heterocycles. The van der Waals surface area contributed by atoms with Gasteiger partial charge in [-0.15, -0.1) is 23.2 Å². The zero-order valence-corrected chi connectivity index (χ0v) is 8.80. The predicted molar refractivity (Wildman–Crippen MR) is 45.0 cm³/mol. The van der Waals surface area contributed by atoms with Crippen molar-refractivity contribution in [2.24, 2.45) is 0 Å². The van der Waals surface area contributed by atoms with Gasteiger partial charge in [0.15, 0.2) is 0 Å². The molecule has 0 bridgehead atoms. The molecule has 0 aromatic rings. The molecule has 2 unspecified atom stereocenters. The van der Waals surface area contributed by atoms with Gasteiger partial charge in [-0.3, -0.25) is 9.13 Å². The Labute approximate surface area is 75.2 Å². The van der Waals surface area contributed by atoms with Crippen LogP contribution in [0.2, 0.25) is 0 Å². The molecule has 0 radical (unpaired) electrons. The number of alkyl halides is 2. The third kappa shape index (κ3) is 24.8. The minimum Gasteiger partial charge on any atom is -0.326 e. The molecule has 9 heteroatoms.